The SMILES string of the molecule is COC(=O)c1ccc(COC(=O)c2cc(N)cn2C)nc1. The number of carbonyl (C=O) groups excluding carboxylic acids is 2. The standard InChI is InChI=1S/C14H15N3O4/c1-17-7-10(15)5-12(17)14(19)21-8-11-4-3-9(6-16-11)13(18)20-2/h3-7H,8,15H2,1-2H3. The summed E-state index contributed by atoms with van der Waals surface area (Å²) in [5, 5.41) is 0. The van der Waals surface area contributed by atoms with Crippen LogP contribution in [0.4, 0.5) is 5.69 Å². The number of ether oxygens (including phenoxy) is 2. The van der Waals surface area contributed by atoms with Crippen LogP contribution in [0.1, 0.15) is 26.5 Å². The van der Waals surface area contributed by atoms with Crippen LogP contribution in [-0.4, -0.2) is 28.6 Å². The van der Waals surface area contributed by atoms with Gasteiger partial charge in [-0.15, -0.1) is 0 Å². The zero-order valence-corrected chi connectivity index (χ0v) is 11.7. The Kier molecular flexibility index (Phi) is 4.22. The summed E-state index contributed by atoms with van der Waals surface area (Å²) in [4.78, 5) is 27.2. The molecule has 21 heavy (non-hydrogen) atoms. The molecule has 2 N–H and O–H groups in total. The van der Waals surface area contributed by atoms with Crippen LogP contribution in [0.3, 0.4) is 0 Å². The number of rotatable bonds is 4. The Morgan fingerprint density at radius 1 is 1.33 bits per heavy atom. The maximum Gasteiger partial charge on any atom is 0.355 e. The molecule has 0 radical (unpaired) electrons. The molecule has 0 spiro atoms. The van der Waals surface area contributed by atoms with E-state index in [0.717, 1.165) is 0 Å². The number of aromatic nitrogens is 2. The number of hydrogen-bond donors (Lipinski definition) is 1. The number of nitrogens with zero attached hydrogens (tertiary/aromatic N) is 2. The van der Waals surface area contributed by atoms with Crippen molar-refractivity contribution < 1.29 is 19.1 Å². The van der Waals surface area contributed by atoms with Crippen molar-refractivity contribution in [2.24, 2.45) is 7.05 Å². The number of anilines is 1. The third kappa shape index (κ3) is 3.38. The Hall–Kier alpha value is -2.83. The van der Waals surface area contributed by atoms with Gasteiger partial charge in [0.15, 0.2) is 0 Å². The molecule has 0 aliphatic rings. The van der Waals surface area contributed by atoms with Gasteiger partial charge in [0.25, 0.3) is 0 Å². The number of methoxy groups -OCH3 is 1. The molecule has 7 nitrogen and oxygen atoms in total. The number of aryl methyl sites for hydroxylation is 1. The van der Waals surface area contributed by atoms with Crippen LogP contribution in [0.5, 0.6) is 0 Å². The van der Waals surface area contributed by atoms with E-state index in [9.17, 15) is 9.59 Å². The molecule has 2 rings (SSSR count). The highest BCUT2D eigenvalue weighted by atomic mass is 16.5. The Labute approximate surface area is 121 Å². The first kappa shape index (κ1) is 14.6. The number of esters is 2. The van der Waals surface area contributed by atoms with Crippen LogP contribution in [0.2, 0.25) is 0 Å². The molecule has 0 fully saturated rings. The van der Waals surface area contributed by atoms with Gasteiger partial charge in [-0.05, 0) is 18.2 Å². The van der Waals surface area contributed by atoms with Crippen molar-refractivity contribution in [2.45, 2.75) is 6.61 Å². The topological polar surface area (TPSA) is 96.4 Å². The van der Waals surface area contributed by atoms with E-state index < -0.39 is 11.9 Å². The monoisotopic (exact) mass is 289 g/mol. The van der Waals surface area contributed by atoms with Gasteiger partial charge in [-0.2, -0.15) is 0 Å². The quantitative estimate of drug-likeness (QED) is 0.848. The van der Waals surface area contributed by atoms with Crippen molar-refractivity contribution in [3.8, 4) is 0 Å². The summed E-state index contributed by atoms with van der Waals surface area (Å²) in [5.74, 6) is -0.960. The van der Waals surface area contributed by atoms with Gasteiger partial charge in [0, 0.05) is 19.4 Å². The number of pyridine rings is 1. The second kappa shape index (κ2) is 6.08. The molecule has 0 aliphatic heterocycles. The van der Waals surface area contributed by atoms with Gasteiger partial charge in [-0.1, -0.05) is 0 Å². The fraction of sp³-hybridized carbons (Fsp3) is 0.214. The van der Waals surface area contributed by atoms with Gasteiger partial charge in [-0.25, -0.2) is 9.59 Å². The lowest BCUT2D eigenvalue weighted by atomic mass is 10.2. The highest BCUT2D eigenvalue weighted by Gasteiger charge is 2.13. The highest BCUT2D eigenvalue weighted by molar-refractivity contribution is 5.89. The van der Waals surface area contributed by atoms with Crippen molar-refractivity contribution in [1.29, 1.82) is 0 Å². The third-order valence-corrected chi connectivity index (χ3v) is 2.83. The summed E-state index contributed by atoms with van der Waals surface area (Å²) in [7, 11) is 3.00. The van der Waals surface area contributed by atoms with E-state index in [1.165, 1.54) is 19.4 Å². The van der Waals surface area contributed by atoms with E-state index in [-0.39, 0.29) is 6.61 Å². The summed E-state index contributed by atoms with van der Waals surface area (Å²) in [6.07, 6.45) is 3.00. The van der Waals surface area contributed by atoms with Crippen molar-refractivity contribution in [3.63, 3.8) is 0 Å². The summed E-state index contributed by atoms with van der Waals surface area (Å²) in [5.41, 5.74) is 7.31. The second-order valence-corrected chi connectivity index (χ2v) is 4.38. The predicted octanol–water partition coefficient (Wildman–Crippen LogP) is 1.15. The molecule has 0 atom stereocenters. The van der Waals surface area contributed by atoms with Crippen molar-refractivity contribution >= 4 is 17.6 Å². The zero-order valence-electron chi connectivity index (χ0n) is 11.7. The van der Waals surface area contributed by atoms with Crippen molar-refractivity contribution in [3.05, 3.63) is 47.5 Å². The van der Waals surface area contributed by atoms with E-state index in [0.29, 0.717) is 22.6 Å². The molecule has 0 aromatic carbocycles. The smallest absolute Gasteiger partial charge is 0.355 e. The van der Waals surface area contributed by atoms with Gasteiger partial charge in [0.2, 0.25) is 0 Å². The predicted molar refractivity (Wildman–Crippen MR) is 74.5 cm³/mol. The van der Waals surface area contributed by atoms with Gasteiger partial charge < -0.3 is 19.8 Å². The summed E-state index contributed by atoms with van der Waals surface area (Å²) in [6.45, 7) is 0.00533. The Morgan fingerprint density at radius 3 is 2.62 bits per heavy atom. The van der Waals surface area contributed by atoms with E-state index in [2.05, 4.69) is 9.72 Å². The Bertz CT molecular complexity index is 661. The molecule has 110 valence electrons. The average Bonchev–Trinajstić information content (AvgIpc) is 2.83. The largest absolute Gasteiger partial charge is 0.465 e. The molecule has 0 saturated carbocycles. The summed E-state index contributed by atoms with van der Waals surface area (Å²) < 4.78 is 11.3. The minimum atomic E-state index is -0.493. The van der Waals surface area contributed by atoms with Crippen molar-refractivity contribution in [1.82, 2.24) is 9.55 Å². The van der Waals surface area contributed by atoms with E-state index in [4.69, 9.17) is 10.5 Å². The second-order valence-electron chi connectivity index (χ2n) is 4.38. The zero-order chi connectivity index (χ0) is 15.4. The molecule has 2 aromatic rings. The van der Waals surface area contributed by atoms with E-state index in [1.54, 1.807) is 29.9 Å². The number of nitrogen functional groups attached to an aromatic ring is 1. The van der Waals surface area contributed by atoms with Crippen LogP contribution in [0.15, 0.2) is 30.6 Å². The minimum absolute atomic E-state index is 0.00533. The van der Waals surface area contributed by atoms with Gasteiger partial charge >= 0.3 is 11.9 Å². The lowest BCUT2D eigenvalue weighted by Crippen LogP contribution is -2.10. The van der Waals surface area contributed by atoms with Crippen LogP contribution in [-0.2, 0) is 23.1 Å². The van der Waals surface area contributed by atoms with E-state index >= 15 is 0 Å². The van der Waals surface area contributed by atoms with Crippen LogP contribution >= 0.6 is 0 Å². The minimum Gasteiger partial charge on any atom is -0.465 e. The lowest BCUT2D eigenvalue weighted by Gasteiger charge is -2.05. The first-order valence-electron chi connectivity index (χ1n) is 6.13. The summed E-state index contributed by atoms with van der Waals surface area (Å²) in [6, 6.07) is 4.69. The summed E-state index contributed by atoms with van der Waals surface area (Å²) >= 11 is 0. The molecule has 2 aromatic heterocycles. The Morgan fingerprint density at radius 2 is 2.10 bits per heavy atom. The number of hydrogen-bond acceptors (Lipinski definition) is 6. The average molecular weight is 289 g/mol. The number of nitrogens with two attached hydrogens (primary N) is 1. The van der Waals surface area contributed by atoms with Crippen LogP contribution in [0.25, 0.3) is 0 Å². The van der Waals surface area contributed by atoms with Gasteiger partial charge in [-0.3, -0.25) is 4.98 Å². The molecule has 2 heterocycles. The molecule has 0 aliphatic carbocycles. The van der Waals surface area contributed by atoms with Gasteiger partial charge in [0.1, 0.15) is 12.3 Å². The molecule has 7 heteroatoms. The maximum atomic E-state index is 11.9. The molecule has 0 amide bonds. The first-order valence-corrected chi connectivity index (χ1v) is 6.13. The Balaban J connectivity index is 1.98. The van der Waals surface area contributed by atoms with Crippen LogP contribution < -0.4 is 5.73 Å². The molecular weight excluding hydrogens is 274 g/mol. The third-order valence-electron chi connectivity index (χ3n) is 2.83. The molecule has 0 unspecified atom stereocenters. The normalized spacial score (nSPS) is 10.2. The van der Waals surface area contributed by atoms with Crippen LogP contribution in [0, 0.1) is 0 Å². The van der Waals surface area contributed by atoms with Gasteiger partial charge in [0.05, 0.1) is 24.1 Å². The van der Waals surface area contributed by atoms with E-state index in [1.807, 2.05) is 0 Å². The lowest BCUT2D eigenvalue weighted by molar-refractivity contribution is 0.0455. The van der Waals surface area contributed by atoms with Crippen molar-refractivity contribution in [2.75, 3.05) is 12.8 Å². The molecular formula is C14H15N3O4. The number of carbonyl (C=O) groups is 2. The fourth-order valence-corrected chi connectivity index (χ4v) is 1.75. The molecule has 0 bridgehead atoms. The highest BCUT2D eigenvalue weighted by Crippen LogP contribution is 2.11. The molecule has 0 saturated heterocycles. The maximum absolute atomic E-state index is 11.9. The first-order chi connectivity index (χ1) is 10.0. The fourth-order valence-electron chi connectivity index (χ4n) is 1.75.